The summed E-state index contributed by atoms with van der Waals surface area (Å²) < 4.78 is 5.78. The van der Waals surface area contributed by atoms with Gasteiger partial charge in [0, 0.05) is 5.56 Å². The summed E-state index contributed by atoms with van der Waals surface area (Å²) in [4.78, 5) is 0. The minimum Gasteiger partial charge on any atom is -0.494 e. The van der Waals surface area contributed by atoms with Crippen LogP contribution in [0.4, 0.5) is 0 Å². The zero-order chi connectivity index (χ0) is 20.3. The predicted octanol–water partition coefficient (Wildman–Crippen LogP) is 7.31. The molecule has 1 aliphatic carbocycles. The molecule has 1 saturated carbocycles. The molecule has 0 atom stereocenters. The zero-order valence-corrected chi connectivity index (χ0v) is 18.0. The molecule has 29 heavy (non-hydrogen) atoms. The van der Waals surface area contributed by atoms with Gasteiger partial charge in [-0.2, -0.15) is 0 Å². The normalized spacial score (nSPS) is 19.0. The van der Waals surface area contributed by atoms with E-state index in [-0.39, 0.29) is 0 Å². The number of benzene rings is 2. The van der Waals surface area contributed by atoms with Gasteiger partial charge in [-0.3, -0.25) is 0 Å². The molecule has 0 amide bonds. The molecule has 0 radical (unpaired) electrons. The van der Waals surface area contributed by atoms with Gasteiger partial charge in [-0.25, -0.2) is 0 Å². The van der Waals surface area contributed by atoms with Crippen molar-refractivity contribution in [3.8, 4) is 17.6 Å². The largest absolute Gasteiger partial charge is 0.494 e. The molecule has 1 nitrogen and oxygen atoms in total. The third kappa shape index (κ3) is 6.82. The van der Waals surface area contributed by atoms with Gasteiger partial charge in [-0.1, -0.05) is 62.5 Å². The van der Waals surface area contributed by atoms with E-state index in [1.165, 1.54) is 43.2 Å². The quantitative estimate of drug-likeness (QED) is 0.358. The van der Waals surface area contributed by atoms with Crippen molar-refractivity contribution in [1.82, 2.24) is 0 Å². The molecule has 3 rings (SSSR count). The van der Waals surface area contributed by atoms with Gasteiger partial charge in [0.2, 0.25) is 0 Å². The van der Waals surface area contributed by atoms with Gasteiger partial charge in [0.05, 0.1) is 6.61 Å². The molecule has 1 aliphatic rings. The summed E-state index contributed by atoms with van der Waals surface area (Å²) in [5, 5.41) is 0. The molecular formula is C28H34O. The van der Waals surface area contributed by atoms with Crippen LogP contribution in [-0.2, 0) is 6.42 Å². The lowest BCUT2D eigenvalue weighted by molar-refractivity contribution is 0.309. The Kier molecular flexibility index (Phi) is 8.44. The minimum absolute atomic E-state index is 0.666. The fourth-order valence-corrected chi connectivity index (χ4v) is 3.95. The number of aryl methyl sites for hydroxylation is 1. The van der Waals surface area contributed by atoms with E-state index in [9.17, 15) is 0 Å². The average Bonchev–Trinajstić information content (AvgIpc) is 2.78. The van der Waals surface area contributed by atoms with E-state index in [4.69, 9.17) is 4.74 Å². The second kappa shape index (κ2) is 11.5. The Labute approximate surface area is 177 Å². The lowest BCUT2D eigenvalue weighted by Gasteiger charge is -2.27. The van der Waals surface area contributed by atoms with E-state index in [1.54, 1.807) is 0 Å². The predicted molar refractivity (Wildman–Crippen MR) is 123 cm³/mol. The van der Waals surface area contributed by atoms with Crippen LogP contribution in [0, 0.1) is 17.8 Å². The monoisotopic (exact) mass is 386 g/mol. The maximum atomic E-state index is 5.78. The number of unbranched alkanes of at least 4 members (excludes halogenated alkanes) is 1. The molecule has 2 aromatic carbocycles. The van der Waals surface area contributed by atoms with Crippen molar-refractivity contribution in [1.29, 1.82) is 0 Å². The van der Waals surface area contributed by atoms with Crippen molar-refractivity contribution in [2.45, 2.75) is 64.7 Å². The van der Waals surface area contributed by atoms with E-state index in [2.05, 4.69) is 86.4 Å². The van der Waals surface area contributed by atoms with Gasteiger partial charge >= 0.3 is 0 Å². The molecule has 0 heterocycles. The highest BCUT2D eigenvalue weighted by molar-refractivity contribution is 5.38. The summed E-state index contributed by atoms with van der Waals surface area (Å²) in [7, 11) is 0. The Morgan fingerprint density at radius 2 is 1.66 bits per heavy atom. The number of hydrogen-bond acceptors (Lipinski definition) is 1. The van der Waals surface area contributed by atoms with Crippen molar-refractivity contribution in [2.75, 3.05) is 6.61 Å². The fourth-order valence-electron chi connectivity index (χ4n) is 3.95. The fraction of sp³-hybridized carbons (Fsp3) is 0.429. The molecule has 0 bridgehead atoms. The van der Waals surface area contributed by atoms with Crippen molar-refractivity contribution < 1.29 is 4.74 Å². The lowest BCUT2D eigenvalue weighted by atomic mass is 9.78. The number of ether oxygens (including phenoxy) is 1. The van der Waals surface area contributed by atoms with Gasteiger partial charge in [-0.15, -0.1) is 0 Å². The molecule has 1 fully saturated rings. The summed E-state index contributed by atoms with van der Waals surface area (Å²) in [5.74, 6) is 8.81. The van der Waals surface area contributed by atoms with Gasteiger partial charge < -0.3 is 4.74 Å². The van der Waals surface area contributed by atoms with E-state index >= 15 is 0 Å². The van der Waals surface area contributed by atoms with Crippen molar-refractivity contribution in [2.24, 2.45) is 5.92 Å². The summed E-state index contributed by atoms with van der Waals surface area (Å²) in [6, 6.07) is 17.4. The van der Waals surface area contributed by atoms with E-state index in [0.29, 0.717) is 11.8 Å². The molecule has 0 unspecified atom stereocenters. The third-order valence-electron chi connectivity index (χ3n) is 5.92. The molecule has 0 spiro atoms. The van der Waals surface area contributed by atoms with Crippen molar-refractivity contribution >= 4 is 0 Å². The Balaban J connectivity index is 1.44. The first-order chi connectivity index (χ1) is 14.3. The van der Waals surface area contributed by atoms with E-state index < -0.39 is 0 Å². The van der Waals surface area contributed by atoms with Gasteiger partial charge in [0.1, 0.15) is 5.75 Å². The Morgan fingerprint density at radius 3 is 2.31 bits per heavy atom. The first kappa shape index (κ1) is 21.3. The second-order valence-electron chi connectivity index (χ2n) is 8.06. The molecule has 2 aromatic rings. The number of rotatable bonds is 7. The van der Waals surface area contributed by atoms with Crippen LogP contribution in [0.1, 0.15) is 75.0 Å². The number of hydrogen-bond donors (Lipinski definition) is 0. The Morgan fingerprint density at radius 1 is 0.931 bits per heavy atom. The first-order valence-corrected chi connectivity index (χ1v) is 11.3. The third-order valence-corrected chi connectivity index (χ3v) is 5.92. The summed E-state index contributed by atoms with van der Waals surface area (Å²) >= 11 is 0. The standard InChI is InChI=1S/C28H34O/c1-3-5-22-29-28-20-18-27(19-21-28)26-16-14-25(15-17-26)9-7-6-8-24-12-10-23(4-2)11-13-24/h7,9-13,18-21,25-26H,3-5,14-17,22H2,1-2H3/b9-7+/t25-,26-. The minimum atomic E-state index is 0.666. The Bertz CT molecular complexity index is 809. The van der Waals surface area contributed by atoms with Crippen LogP contribution >= 0.6 is 0 Å². The van der Waals surface area contributed by atoms with E-state index in [0.717, 1.165) is 30.8 Å². The summed E-state index contributed by atoms with van der Waals surface area (Å²) in [5.41, 5.74) is 3.92. The SMILES string of the molecule is CCCCOc1ccc([C@H]2CC[C@H](/C=C/C#Cc3ccc(CC)cc3)CC2)cc1. The highest BCUT2D eigenvalue weighted by Crippen LogP contribution is 2.36. The van der Waals surface area contributed by atoms with Gasteiger partial charge in [0.25, 0.3) is 0 Å². The molecule has 1 heteroatoms. The van der Waals surface area contributed by atoms with E-state index in [1.807, 2.05) is 0 Å². The van der Waals surface area contributed by atoms with Gasteiger partial charge in [-0.05, 0) is 91.8 Å². The zero-order valence-electron chi connectivity index (χ0n) is 18.0. The molecule has 0 saturated heterocycles. The molecular weight excluding hydrogens is 352 g/mol. The smallest absolute Gasteiger partial charge is 0.119 e. The van der Waals surface area contributed by atoms with Crippen LogP contribution in [0.25, 0.3) is 0 Å². The first-order valence-electron chi connectivity index (χ1n) is 11.3. The molecule has 0 aliphatic heterocycles. The maximum absolute atomic E-state index is 5.78. The summed E-state index contributed by atoms with van der Waals surface area (Å²) in [6.07, 6.45) is 12.8. The van der Waals surface area contributed by atoms with Crippen LogP contribution in [-0.4, -0.2) is 6.61 Å². The van der Waals surface area contributed by atoms with Crippen molar-refractivity contribution in [3.05, 3.63) is 77.4 Å². The van der Waals surface area contributed by atoms with Crippen LogP contribution in [0.5, 0.6) is 5.75 Å². The summed E-state index contributed by atoms with van der Waals surface area (Å²) in [6.45, 7) is 5.19. The molecule has 152 valence electrons. The van der Waals surface area contributed by atoms with Crippen LogP contribution in [0.15, 0.2) is 60.7 Å². The van der Waals surface area contributed by atoms with Crippen LogP contribution < -0.4 is 4.74 Å². The lowest BCUT2D eigenvalue weighted by Crippen LogP contribution is -2.11. The molecule has 0 N–H and O–H groups in total. The van der Waals surface area contributed by atoms with Crippen LogP contribution in [0.3, 0.4) is 0 Å². The second-order valence-corrected chi connectivity index (χ2v) is 8.06. The van der Waals surface area contributed by atoms with Crippen molar-refractivity contribution in [3.63, 3.8) is 0 Å². The maximum Gasteiger partial charge on any atom is 0.119 e. The Hall–Kier alpha value is -2.46. The van der Waals surface area contributed by atoms with Gasteiger partial charge in [0.15, 0.2) is 0 Å². The highest BCUT2D eigenvalue weighted by atomic mass is 16.5. The van der Waals surface area contributed by atoms with Crippen LogP contribution in [0.2, 0.25) is 0 Å². The number of allylic oxidation sites excluding steroid dienone is 2. The highest BCUT2D eigenvalue weighted by Gasteiger charge is 2.20. The topological polar surface area (TPSA) is 9.23 Å². The molecule has 0 aromatic heterocycles. The average molecular weight is 387 g/mol.